The van der Waals surface area contributed by atoms with Crippen molar-refractivity contribution in [3.63, 3.8) is 0 Å². The van der Waals surface area contributed by atoms with Gasteiger partial charge in [-0.2, -0.15) is 0 Å². The van der Waals surface area contributed by atoms with Gasteiger partial charge < -0.3 is 29.7 Å². The Hall–Kier alpha value is -2.06. The van der Waals surface area contributed by atoms with Crippen molar-refractivity contribution in [3.05, 3.63) is 23.6 Å². The summed E-state index contributed by atoms with van der Waals surface area (Å²) in [5.41, 5.74) is 0.361. The van der Waals surface area contributed by atoms with Crippen LogP contribution in [0.1, 0.15) is 13.3 Å². The summed E-state index contributed by atoms with van der Waals surface area (Å²) < 4.78 is 10.1. The summed E-state index contributed by atoms with van der Waals surface area (Å²) in [5, 5.41) is 28.5. The molecule has 2 heterocycles. The number of fused-ring (bicyclic) bond motifs is 1. The lowest BCUT2D eigenvalue weighted by molar-refractivity contribution is -0.147. The quantitative estimate of drug-likeness (QED) is 0.456. The number of carbonyl (C=O) groups is 2. The van der Waals surface area contributed by atoms with Crippen LogP contribution < -0.4 is 0 Å². The van der Waals surface area contributed by atoms with Crippen LogP contribution in [0.2, 0.25) is 0 Å². The largest absolute Gasteiger partial charge is 0.479 e. The lowest BCUT2D eigenvalue weighted by atomic mass is 9.84. The number of carboxylic acids is 1. The Kier molecular flexibility index (Phi) is 4.72. The summed E-state index contributed by atoms with van der Waals surface area (Å²) in [5.74, 6) is -2.22. The van der Waals surface area contributed by atoms with Crippen molar-refractivity contribution in [1.82, 2.24) is 4.90 Å². The minimum atomic E-state index is -1.16. The van der Waals surface area contributed by atoms with E-state index in [1.54, 1.807) is 6.92 Å². The first-order chi connectivity index (χ1) is 10.5. The van der Waals surface area contributed by atoms with Crippen molar-refractivity contribution in [2.24, 2.45) is 5.92 Å². The molecule has 0 bridgehead atoms. The van der Waals surface area contributed by atoms with E-state index in [9.17, 15) is 19.8 Å². The number of nitrogens with zero attached hydrogens (tertiary/aromatic N) is 1. The maximum Gasteiger partial charge on any atom is 0.334 e. The van der Waals surface area contributed by atoms with Crippen LogP contribution >= 0.6 is 0 Å². The van der Waals surface area contributed by atoms with Gasteiger partial charge in [-0.05, 0) is 12.5 Å². The zero-order chi connectivity index (χ0) is 16.4. The second-order valence-electron chi connectivity index (χ2n) is 5.04. The molecular formula is C14H19NO7. The van der Waals surface area contributed by atoms with Crippen molar-refractivity contribution >= 4 is 11.9 Å². The lowest BCUT2D eigenvalue weighted by Gasteiger charge is -2.48. The fraction of sp³-hybridized carbons (Fsp3) is 0.571. The summed E-state index contributed by atoms with van der Waals surface area (Å²) in [4.78, 5) is 24.4. The third-order valence-electron chi connectivity index (χ3n) is 3.85. The van der Waals surface area contributed by atoms with Crippen molar-refractivity contribution in [2.75, 3.05) is 13.7 Å². The highest BCUT2D eigenvalue weighted by Gasteiger charge is 2.59. The maximum absolute atomic E-state index is 11.5. The predicted octanol–water partition coefficient (Wildman–Crippen LogP) is -0.568. The zero-order valence-electron chi connectivity index (χ0n) is 12.3. The zero-order valence-corrected chi connectivity index (χ0v) is 12.3. The number of esters is 1. The highest BCUT2D eigenvalue weighted by atomic mass is 16.5. The molecule has 0 amide bonds. The molecule has 2 fully saturated rings. The second kappa shape index (κ2) is 6.37. The van der Waals surface area contributed by atoms with E-state index in [0.717, 1.165) is 0 Å². The molecule has 2 aliphatic heterocycles. The van der Waals surface area contributed by atoms with Crippen molar-refractivity contribution in [3.8, 4) is 0 Å². The maximum atomic E-state index is 11.5. The van der Waals surface area contributed by atoms with Crippen LogP contribution in [0.15, 0.2) is 23.6 Å². The van der Waals surface area contributed by atoms with E-state index >= 15 is 0 Å². The minimum absolute atomic E-state index is 0.0987. The third-order valence-corrected chi connectivity index (χ3v) is 3.85. The van der Waals surface area contributed by atoms with Crippen molar-refractivity contribution < 1.29 is 34.4 Å². The van der Waals surface area contributed by atoms with Crippen molar-refractivity contribution in [1.29, 1.82) is 0 Å². The molecule has 2 aliphatic rings. The van der Waals surface area contributed by atoms with Crippen LogP contribution in [0.25, 0.3) is 0 Å². The molecule has 0 aliphatic carbocycles. The number of carboxylic acid groups (broad SMARTS) is 1. The molecule has 0 saturated carbocycles. The fourth-order valence-electron chi connectivity index (χ4n) is 2.80. The second-order valence-corrected chi connectivity index (χ2v) is 5.04. The van der Waals surface area contributed by atoms with E-state index in [2.05, 4.69) is 4.74 Å². The number of aliphatic hydroxyl groups is 2. The summed E-state index contributed by atoms with van der Waals surface area (Å²) in [6, 6.07) is -1.13. The van der Waals surface area contributed by atoms with Gasteiger partial charge in [-0.15, -0.1) is 0 Å². The third kappa shape index (κ3) is 2.55. The topological polar surface area (TPSA) is 117 Å². The predicted molar refractivity (Wildman–Crippen MR) is 73.2 cm³/mol. The smallest absolute Gasteiger partial charge is 0.334 e. The van der Waals surface area contributed by atoms with Gasteiger partial charge in [0.05, 0.1) is 25.7 Å². The molecule has 22 heavy (non-hydrogen) atoms. The number of hydrogen-bond donors (Lipinski definition) is 3. The molecule has 2 rings (SSSR count). The van der Waals surface area contributed by atoms with E-state index in [4.69, 9.17) is 9.84 Å². The number of methoxy groups -OCH3 is 1. The molecular weight excluding hydrogens is 294 g/mol. The van der Waals surface area contributed by atoms with Gasteiger partial charge in [-0.3, -0.25) is 0 Å². The molecule has 1 unspecified atom stereocenters. The summed E-state index contributed by atoms with van der Waals surface area (Å²) >= 11 is 0. The monoisotopic (exact) mass is 313 g/mol. The SMILES string of the molecule is CCC(O)[C@H]1C(=CC(=O)OC)N2[C@@H](C(=O)O)C(=CCO)O[C@H]12. The molecule has 3 N–H and O–H groups in total. The molecule has 8 heteroatoms. The normalized spacial score (nSPS) is 31.5. The van der Waals surface area contributed by atoms with Crippen LogP contribution in [0, 0.1) is 5.92 Å². The molecule has 0 aromatic heterocycles. The van der Waals surface area contributed by atoms with E-state index in [1.165, 1.54) is 24.2 Å². The Balaban J connectivity index is 2.39. The molecule has 0 aromatic rings. The molecule has 122 valence electrons. The van der Waals surface area contributed by atoms with Crippen LogP contribution in [0.4, 0.5) is 0 Å². The number of carbonyl (C=O) groups excluding carboxylic acids is 1. The van der Waals surface area contributed by atoms with Gasteiger partial charge in [0.25, 0.3) is 0 Å². The number of rotatable bonds is 5. The van der Waals surface area contributed by atoms with Gasteiger partial charge in [0, 0.05) is 11.8 Å². The first kappa shape index (κ1) is 16.3. The highest BCUT2D eigenvalue weighted by molar-refractivity contribution is 5.84. The lowest BCUT2D eigenvalue weighted by Crippen LogP contribution is -2.59. The Morgan fingerprint density at radius 1 is 1.50 bits per heavy atom. The number of aliphatic carboxylic acids is 1. The van der Waals surface area contributed by atoms with Crippen LogP contribution in [0.5, 0.6) is 0 Å². The van der Waals surface area contributed by atoms with Gasteiger partial charge in [-0.25, -0.2) is 9.59 Å². The number of ether oxygens (including phenoxy) is 2. The van der Waals surface area contributed by atoms with Gasteiger partial charge in [0.15, 0.2) is 12.3 Å². The standard InChI is InChI=1S/C14H19NO7/c1-3-8(17)11-7(6-10(18)21-2)15-12(14(19)20)9(4-5-16)22-13(11)15/h4,6,8,11-13,16-17H,3,5H2,1-2H3,(H,19,20)/t8?,11-,12-,13-/m1/s1. The fourth-order valence-corrected chi connectivity index (χ4v) is 2.80. The average Bonchev–Trinajstić information content (AvgIpc) is 2.79. The van der Waals surface area contributed by atoms with Gasteiger partial charge in [0.1, 0.15) is 5.76 Å². The molecule has 2 saturated heterocycles. The Bertz CT molecular complexity index is 527. The van der Waals surface area contributed by atoms with E-state index in [0.29, 0.717) is 12.1 Å². The van der Waals surface area contributed by atoms with Crippen molar-refractivity contribution in [2.45, 2.75) is 31.7 Å². The molecule has 0 spiro atoms. The molecule has 0 radical (unpaired) electrons. The number of aliphatic hydroxyl groups excluding tert-OH is 2. The molecule has 8 nitrogen and oxygen atoms in total. The highest BCUT2D eigenvalue weighted by Crippen LogP contribution is 2.48. The molecule has 4 atom stereocenters. The summed E-state index contributed by atoms with van der Waals surface area (Å²) in [6.07, 6.45) is 1.40. The van der Waals surface area contributed by atoms with Gasteiger partial charge in [-0.1, -0.05) is 6.92 Å². The Labute approximate surface area is 127 Å². The number of hydrogen-bond acceptors (Lipinski definition) is 7. The first-order valence-corrected chi connectivity index (χ1v) is 6.92. The van der Waals surface area contributed by atoms with Gasteiger partial charge >= 0.3 is 11.9 Å². The van der Waals surface area contributed by atoms with E-state index in [-0.39, 0.29) is 12.4 Å². The van der Waals surface area contributed by atoms with Crippen LogP contribution in [-0.4, -0.2) is 64.2 Å². The minimum Gasteiger partial charge on any atom is -0.479 e. The summed E-state index contributed by atoms with van der Waals surface area (Å²) in [6.45, 7) is 1.41. The average molecular weight is 313 g/mol. The Morgan fingerprint density at radius 2 is 2.18 bits per heavy atom. The van der Waals surface area contributed by atoms with Crippen LogP contribution in [-0.2, 0) is 19.1 Å². The summed E-state index contributed by atoms with van der Waals surface area (Å²) in [7, 11) is 1.22. The Morgan fingerprint density at radius 3 is 2.68 bits per heavy atom. The molecule has 0 aromatic carbocycles. The van der Waals surface area contributed by atoms with E-state index in [1.807, 2.05) is 0 Å². The van der Waals surface area contributed by atoms with E-state index < -0.39 is 36.2 Å². The van der Waals surface area contributed by atoms with Gasteiger partial charge in [0.2, 0.25) is 0 Å². The van der Waals surface area contributed by atoms with Crippen LogP contribution in [0.3, 0.4) is 0 Å². The first-order valence-electron chi connectivity index (χ1n) is 6.92.